The topological polar surface area (TPSA) is 61.8 Å². The van der Waals surface area contributed by atoms with E-state index in [1.54, 1.807) is 11.3 Å². The first-order chi connectivity index (χ1) is 10.2. The van der Waals surface area contributed by atoms with E-state index in [9.17, 15) is 9.90 Å². The van der Waals surface area contributed by atoms with E-state index in [2.05, 4.69) is 5.32 Å². The summed E-state index contributed by atoms with van der Waals surface area (Å²) in [4.78, 5) is 15.2. The van der Waals surface area contributed by atoms with Gasteiger partial charge in [0.25, 0.3) is 0 Å². The molecular weight excluding hydrogens is 324 g/mol. The molecule has 1 aliphatic heterocycles. The van der Waals surface area contributed by atoms with Crippen molar-refractivity contribution >= 4 is 29.7 Å². The second-order valence-corrected chi connectivity index (χ2v) is 6.72. The van der Waals surface area contributed by atoms with Crippen LogP contribution in [0.1, 0.15) is 30.2 Å². The molecule has 0 aromatic carbocycles. The number of hydrogen-bond donors (Lipinski definition) is 2. The van der Waals surface area contributed by atoms with Gasteiger partial charge in [-0.25, -0.2) is 0 Å². The zero-order valence-corrected chi connectivity index (χ0v) is 14.1. The molecule has 0 spiro atoms. The minimum Gasteiger partial charge on any atom is -0.387 e. The predicted molar refractivity (Wildman–Crippen MR) is 88.5 cm³/mol. The summed E-state index contributed by atoms with van der Waals surface area (Å²) in [6.45, 7) is 2.11. The number of carbonyl (C=O) groups excluding carboxylic acids is 1. The zero-order chi connectivity index (χ0) is 14.7. The van der Waals surface area contributed by atoms with Crippen LogP contribution in [-0.4, -0.2) is 54.3 Å². The summed E-state index contributed by atoms with van der Waals surface area (Å²) in [5, 5.41) is 15.5. The number of carbonyl (C=O) groups is 1. The molecule has 1 aromatic rings. The summed E-state index contributed by atoms with van der Waals surface area (Å²) < 4.78 is 5.50. The Morgan fingerprint density at radius 1 is 1.55 bits per heavy atom. The van der Waals surface area contributed by atoms with Gasteiger partial charge in [0, 0.05) is 23.9 Å². The van der Waals surface area contributed by atoms with Crippen LogP contribution in [0.2, 0.25) is 0 Å². The number of rotatable bonds is 6. The molecule has 5 nitrogen and oxygen atoms in total. The van der Waals surface area contributed by atoms with Crippen LogP contribution in [0, 0.1) is 0 Å². The summed E-state index contributed by atoms with van der Waals surface area (Å²) in [6.07, 6.45) is 2.37. The summed E-state index contributed by atoms with van der Waals surface area (Å²) >= 11 is 1.55. The Morgan fingerprint density at radius 3 is 3.05 bits per heavy atom. The normalized spacial score (nSPS) is 23.0. The van der Waals surface area contributed by atoms with Crippen molar-refractivity contribution in [2.24, 2.45) is 0 Å². The van der Waals surface area contributed by atoms with Crippen LogP contribution in [0.3, 0.4) is 0 Å². The molecule has 1 aliphatic carbocycles. The van der Waals surface area contributed by atoms with Crippen molar-refractivity contribution < 1.29 is 14.6 Å². The van der Waals surface area contributed by atoms with Crippen LogP contribution in [0.25, 0.3) is 0 Å². The summed E-state index contributed by atoms with van der Waals surface area (Å²) in [6, 6.07) is 4.36. The number of aliphatic hydroxyl groups is 1. The summed E-state index contributed by atoms with van der Waals surface area (Å²) in [7, 11) is 0. The van der Waals surface area contributed by atoms with Crippen molar-refractivity contribution in [2.45, 2.75) is 37.5 Å². The monoisotopic (exact) mass is 346 g/mol. The number of halogens is 1. The summed E-state index contributed by atoms with van der Waals surface area (Å²) in [5.41, 5.74) is 0. The molecule has 2 aliphatic rings. The lowest BCUT2D eigenvalue weighted by atomic mass is 10.1. The van der Waals surface area contributed by atoms with Crippen molar-refractivity contribution in [3.8, 4) is 0 Å². The zero-order valence-electron chi connectivity index (χ0n) is 12.4. The molecule has 0 bridgehead atoms. The average Bonchev–Trinajstić information content (AvgIpc) is 3.16. The highest BCUT2D eigenvalue weighted by Crippen LogP contribution is 2.26. The number of nitrogens with one attached hydrogen (secondary N) is 1. The second-order valence-electron chi connectivity index (χ2n) is 5.74. The highest BCUT2D eigenvalue weighted by atomic mass is 35.5. The molecule has 2 unspecified atom stereocenters. The van der Waals surface area contributed by atoms with Crippen LogP contribution in [0.15, 0.2) is 17.5 Å². The number of amides is 1. The third-order valence-electron chi connectivity index (χ3n) is 4.03. The van der Waals surface area contributed by atoms with Crippen molar-refractivity contribution in [3.63, 3.8) is 0 Å². The van der Waals surface area contributed by atoms with Gasteiger partial charge in [0.15, 0.2) is 0 Å². The maximum absolute atomic E-state index is 12.3. The standard InChI is InChI=1S/C15H22N2O3S.ClH/c18-13(14-2-1-7-21-14)8-12-10-20-6-5-17(12)15(19)9-16-11-3-4-11;/h1-2,7,11-13,16,18H,3-6,8-10H2;1H. The van der Waals surface area contributed by atoms with Gasteiger partial charge in [-0.2, -0.15) is 0 Å². The Bertz CT molecular complexity index is 467. The molecule has 124 valence electrons. The van der Waals surface area contributed by atoms with E-state index < -0.39 is 6.10 Å². The Balaban J connectivity index is 0.00000176. The van der Waals surface area contributed by atoms with Crippen LogP contribution in [0.5, 0.6) is 0 Å². The lowest BCUT2D eigenvalue weighted by Gasteiger charge is -2.36. The van der Waals surface area contributed by atoms with E-state index in [1.165, 1.54) is 12.8 Å². The van der Waals surface area contributed by atoms with Gasteiger partial charge in [0.05, 0.1) is 31.9 Å². The van der Waals surface area contributed by atoms with E-state index in [-0.39, 0.29) is 24.4 Å². The molecule has 2 fully saturated rings. The van der Waals surface area contributed by atoms with Gasteiger partial charge in [0.1, 0.15) is 0 Å². The molecule has 1 amide bonds. The number of morpholine rings is 1. The maximum Gasteiger partial charge on any atom is 0.236 e. The largest absolute Gasteiger partial charge is 0.387 e. The smallest absolute Gasteiger partial charge is 0.236 e. The first-order valence-corrected chi connectivity index (χ1v) is 8.44. The van der Waals surface area contributed by atoms with Crippen LogP contribution in [0.4, 0.5) is 0 Å². The molecular formula is C15H23ClN2O3S. The number of ether oxygens (including phenoxy) is 1. The molecule has 22 heavy (non-hydrogen) atoms. The lowest BCUT2D eigenvalue weighted by Crippen LogP contribution is -2.51. The van der Waals surface area contributed by atoms with Crippen molar-refractivity contribution in [2.75, 3.05) is 26.3 Å². The van der Waals surface area contributed by atoms with Gasteiger partial charge < -0.3 is 20.1 Å². The van der Waals surface area contributed by atoms with Gasteiger partial charge >= 0.3 is 0 Å². The molecule has 2 N–H and O–H groups in total. The minimum absolute atomic E-state index is 0. The number of thiophene rings is 1. The highest BCUT2D eigenvalue weighted by Gasteiger charge is 2.30. The second kappa shape index (κ2) is 8.26. The number of nitrogens with zero attached hydrogens (tertiary/aromatic N) is 1. The van der Waals surface area contributed by atoms with E-state index in [4.69, 9.17) is 4.74 Å². The van der Waals surface area contributed by atoms with Gasteiger partial charge in [0.2, 0.25) is 5.91 Å². The van der Waals surface area contributed by atoms with E-state index >= 15 is 0 Å². The quantitative estimate of drug-likeness (QED) is 0.821. The molecule has 3 rings (SSSR count). The first kappa shape index (κ1) is 17.7. The molecule has 1 saturated heterocycles. The van der Waals surface area contributed by atoms with E-state index in [0.717, 1.165) is 4.88 Å². The van der Waals surface area contributed by atoms with Crippen LogP contribution < -0.4 is 5.32 Å². The Kier molecular flexibility index (Phi) is 6.65. The van der Waals surface area contributed by atoms with Gasteiger partial charge in [-0.15, -0.1) is 23.7 Å². The van der Waals surface area contributed by atoms with E-state index in [1.807, 2.05) is 22.4 Å². The number of hydrogen-bond acceptors (Lipinski definition) is 5. The van der Waals surface area contributed by atoms with Gasteiger partial charge in [-0.1, -0.05) is 6.07 Å². The lowest BCUT2D eigenvalue weighted by molar-refractivity contribution is -0.140. The Morgan fingerprint density at radius 2 is 2.36 bits per heavy atom. The van der Waals surface area contributed by atoms with Gasteiger partial charge in [-0.3, -0.25) is 4.79 Å². The fourth-order valence-electron chi connectivity index (χ4n) is 2.65. The molecule has 1 saturated carbocycles. The minimum atomic E-state index is -0.525. The van der Waals surface area contributed by atoms with Crippen molar-refractivity contribution in [3.05, 3.63) is 22.4 Å². The SMILES string of the molecule is Cl.O=C(CNC1CC1)N1CCOCC1CC(O)c1cccs1. The summed E-state index contributed by atoms with van der Waals surface area (Å²) in [5.74, 6) is 0.119. The first-order valence-electron chi connectivity index (χ1n) is 7.56. The Hall–Kier alpha value is -0.660. The third-order valence-corrected chi connectivity index (χ3v) is 5.01. The predicted octanol–water partition coefficient (Wildman–Crippen LogP) is 1.57. The fourth-order valence-corrected chi connectivity index (χ4v) is 3.38. The number of aliphatic hydroxyl groups excluding tert-OH is 1. The highest BCUT2D eigenvalue weighted by molar-refractivity contribution is 7.10. The van der Waals surface area contributed by atoms with Crippen molar-refractivity contribution in [1.29, 1.82) is 0 Å². The molecule has 2 atom stereocenters. The van der Waals surface area contributed by atoms with Gasteiger partial charge in [-0.05, 0) is 24.3 Å². The van der Waals surface area contributed by atoms with Crippen LogP contribution in [-0.2, 0) is 9.53 Å². The molecule has 7 heteroatoms. The molecule has 2 heterocycles. The maximum atomic E-state index is 12.3. The van der Waals surface area contributed by atoms with Crippen molar-refractivity contribution in [1.82, 2.24) is 10.2 Å². The molecule has 1 aromatic heterocycles. The molecule has 0 radical (unpaired) electrons. The fraction of sp³-hybridized carbons (Fsp3) is 0.667. The third kappa shape index (κ3) is 4.67. The average molecular weight is 347 g/mol. The Labute approximate surface area is 141 Å². The van der Waals surface area contributed by atoms with Crippen LogP contribution >= 0.6 is 23.7 Å². The van der Waals surface area contributed by atoms with E-state index in [0.29, 0.717) is 38.8 Å².